The molecule has 136 valence electrons. The lowest BCUT2D eigenvalue weighted by molar-refractivity contribution is 0.0927. The van der Waals surface area contributed by atoms with E-state index in [-0.39, 0.29) is 11.0 Å². The normalized spacial score (nSPS) is 18.0. The molecule has 25 heavy (non-hydrogen) atoms. The molecule has 0 bridgehead atoms. The Balaban J connectivity index is 1.90. The van der Waals surface area contributed by atoms with Crippen molar-refractivity contribution in [3.63, 3.8) is 0 Å². The summed E-state index contributed by atoms with van der Waals surface area (Å²) in [6.45, 7) is 1.42. The number of benzene rings is 1. The first-order chi connectivity index (χ1) is 12.0. The Labute approximate surface area is 160 Å². The van der Waals surface area contributed by atoms with Crippen LogP contribution in [0.15, 0.2) is 45.1 Å². The van der Waals surface area contributed by atoms with Crippen LogP contribution in [0, 0.1) is 0 Å². The van der Waals surface area contributed by atoms with Gasteiger partial charge < -0.3 is 9.47 Å². The van der Waals surface area contributed by atoms with Gasteiger partial charge >= 0.3 is 0 Å². The molecule has 1 atom stereocenters. The molecular formula is C17H20BrNO4S2. The fourth-order valence-electron chi connectivity index (χ4n) is 2.80. The van der Waals surface area contributed by atoms with E-state index < -0.39 is 10.0 Å². The van der Waals surface area contributed by atoms with Crippen LogP contribution in [-0.4, -0.2) is 39.1 Å². The van der Waals surface area contributed by atoms with Crippen molar-refractivity contribution in [1.82, 2.24) is 4.31 Å². The summed E-state index contributed by atoms with van der Waals surface area (Å²) in [5.41, 5.74) is 0. The minimum atomic E-state index is -3.64. The van der Waals surface area contributed by atoms with Gasteiger partial charge in [-0.1, -0.05) is 6.07 Å². The zero-order valence-electron chi connectivity index (χ0n) is 13.9. The lowest BCUT2D eigenvalue weighted by Gasteiger charge is -2.24. The molecule has 0 amide bonds. The number of ether oxygens (including phenoxy) is 2. The first-order valence-corrected chi connectivity index (χ1v) is 11.1. The zero-order valence-corrected chi connectivity index (χ0v) is 17.1. The predicted molar refractivity (Wildman–Crippen MR) is 102 cm³/mol. The van der Waals surface area contributed by atoms with Crippen molar-refractivity contribution in [1.29, 1.82) is 0 Å². The molecule has 1 aliphatic rings. The van der Waals surface area contributed by atoms with Gasteiger partial charge in [-0.15, -0.1) is 11.3 Å². The second-order valence-electron chi connectivity index (χ2n) is 5.81. The quantitative estimate of drug-likeness (QED) is 0.648. The third-order valence-corrected chi connectivity index (χ3v) is 7.39. The van der Waals surface area contributed by atoms with Crippen LogP contribution in [0.3, 0.4) is 0 Å². The lowest BCUT2D eigenvalue weighted by atomic mass is 10.2. The molecule has 2 aromatic rings. The van der Waals surface area contributed by atoms with Crippen LogP contribution in [0.5, 0.6) is 5.75 Å². The summed E-state index contributed by atoms with van der Waals surface area (Å²) in [7, 11) is -2.09. The Hall–Kier alpha value is -0.930. The van der Waals surface area contributed by atoms with Crippen molar-refractivity contribution in [3.8, 4) is 5.75 Å². The second kappa shape index (κ2) is 8.18. The summed E-state index contributed by atoms with van der Waals surface area (Å²) in [6, 6.07) is 8.71. The van der Waals surface area contributed by atoms with Gasteiger partial charge in [-0.25, -0.2) is 8.42 Å². The minimum absolute atomic E-state index is 0.0450. The number of thiophene rings is 1. The van der Waals surface area contributed by atoms with Crippen LogP contribution in [0.1, 0.15) is 17.7 Å². The number of nitrogens with zero attached hydrogens (tertiary/aromatic N) is 1. The van der Waals surface area contributed by atoms with E-state index in [4.69, 9.17) is 9.47 Å². The second-order valence-corrected chi connectivity index (χ2v) is 9.63. The molecule has 0 unspecified atom stereocenters. The van der Waals surface area contributed by atoms with E-state index in [0.717, 1.165) is 17.7 Å². The molecule has 1 aromatic carbocycles. The number of rotatable bonds is 7. The highest BCUT2D eigenvalue weighted by molar-refractivity contribution is 9.10. The minimum Gasteiger partial charge on any atom is -0.496 e. The molecule has 0 radical (unpaired) electrons. The SMILES string of the molecule is COc1ccc(S(=O)(=O)N(Cc2cccs2)C[C@H]2CCCO2)cc1Br. The van der Waals surface area contributed by atoms with Gasteiger partial charge in [0.15, 0.2) is 0 Å². The predicted octanol–water partition coefficient (Wildman–Crippen LogP) is 3.89. The van der Waals surface area contributed by atoms with E-state index in [2.05, 4.69) is 15.9 Å². The molecule has 3 rings (SSSR count). The molecule has 2 heterocycles. The van der Waals surface area contributed by atoms with Crippen LogP contribution in [0.4, 0.5) is 0 Å². The number of methoxy groups -OCH3 is 1. The molecule has 0 saturated carbocycles. The molecule has 1 aliphatic heterocycles. The topological polar surface area (TPSA) is 55.8 Å². The summed E-state index contributed by atoms with van der Waals surface area (Å²) < 4.78 is 39.4. The Morgan fingerprint density at radius 3 is 2.84 bits per heavy atom. The summed E-state index contributed by atoms with van der Waals surface area (Å²) in [5.74, 6) is 0.600. The van der Waals surface area contributed by atoms with Crippen LogP contribution in [0.25, 0.3) is 0 Å². The average molecular weight is 446 g/mol. The van der Waals surface area contributed by atoms with Gasteiger partial charge in [0.25, 0.3) is 0 Å². The molecule has 1 saturated heterocycles. The third-order valence-electron chi connectivity index (χ3n) is 4.10. The number of hydrogen-bond donors (Lipinski definition) is 0. The van der Waals surface area contributed by atoms with Crippen molar-refractivity contribution in [2.24, 2.45) is 0 Å². The molecule has 5 nitrogen and oxygen atoms in total. The molecule has 8 heteroatoms. The Morgan fingerprint density at radius 1 is 1.40 bits per heavy atom. The smallest absolute Gasteiger partial charge is 0.243 e. The third kappa shape index (κ3) is 4.43. The maximum atomic E-state index is 13.2. The van der Waals surface area contributed by atoms with E-state index in [1.807, 2.05) is 17.5 Å². The molecule has 0 aliphatic carbocycles. The van der Waals surface area contributed by atoms with E-state index in [1.54, 1.807) is 36.6 Å². The fourth-order valence-corrected chi connectivity index (χ4v) is 5.77. The maximum Gasteiger partial charge on any atom is 0.243 e. The number of sulfonamides is 1. The molecule has 1 aromatic heterocycles. The summed E-state index contributed by atoms with van der Waals surface area (Å²) in [6.07, 6.45) is 1.82. The van der Waals surface area contributed by atoms with E-state index in [0.29, 0.717) is 29.9 Å². The van der Waals surface area contributed by atoms with E-state index >= 15 is 0 Å². The molecular weight excluding hydrogens is 426 g/mol. The Morgan fingerprint density at radius 2 is 2.24 bits per heavy atom. The van der Waals surface area contributed by atoms with Crippen molar-refractivity contribution in [2.45, 2.75) is 30.4 Å². The maximum absolute atomic E-state index is 13.2. The number of hydrogen-bond acceptors (Lipinski definition) is 5. The van der Waals surface area contributed by atoms with Crippen LogP contribution in [-0.2, 0) is 21.3 Å². The van der Waals surface area contributed by atoms with Crippen molar-refractivity contribution in [2.75, 3.05) is 20.3 Å². The Bertz CT molecular complexity index is 802. The van der Waals surface area contributed by atoms with Crippen molar-refractivity contribution in [3.05, 3.63) is 45.1 Å². The van der Waals surface area contributed by atoms with Gasteiger partial charge in [0.05, 0.1) is 22.6 Å². The Kier molecular flexibility index (Phi) is 6.17. The highest BCUT2D eigenvalue weighted by Gasteiger charge is 2.30. The molecule has 0 spiro atoms. The van der Waals surface area contributed by atoms with Gasteiger partial charge in [0.2, 0.25) is 10.0 Å². The van der Waals surface area contributed by atoms with Crippen LogP contribution >= 0.6 is 27.3 Å². The van der Waals surface area contributed by atoms with Gasteiger partial charge in [0, 0.05) is 24.6 Å². The van der Waals surface area contributed by atoms with Crippen LogP contribution < -0.4 is 4.74 Å². The monoisotopic (exact) mass is 445 g/mol. The summed E-state index contributed by atoms with van der Waals surface area (Å²) >= 11 is 4.92. The fraction of sp³-hybridized carbons (Fsp3) is 0.412. The van der Waals surface area contributed by atoms with Gasteiger partial charge in [-0.05, 0) is 58.4 Å². The van der Waals surface area contributed by atoms with Crippen molar-refractivity contribution >= 4 is 37.3 Å². The summed E-state index contributed by atoms with van der Waals surface area (Å²) in [4.78, 5) is 1.25. The van der Waals surface area contributed by atoms with E-state index in [1.165, 1.54) is 4.31 Å². The summed E-state index contributed by atoms with van der Waals surface area (Å²) in [5, 5.41) is 1.95. The average Bonchev–Trinajstić information content (AvgIpc) is 3.28. The van der Waals surface area contributed by atoms with Gasteiger partial charge in [-0.2, -0.15) is 4.31 Å². The largest absolute Gasteiger partial charge is 0.496 e. The van der Waals surface area contributed by atoms with Gasteiger partial charge in [0.1, 0.15) is 5.75 Å². The first kappa shape index (κ1) is 18.8. The van der Waals surface area contributed by atoms with E-state index in [9.17, 15) is 8.42 Å². The molecule has 1 fully saturated rings. The number of halogens is 1. The lowest BCUT2D eigenvalue weighted by Crippen LogP contribution is -2.36. The highest BCUT2D eigenvalue weighted by Crippen LogP contribution is 2.30. The van der Waals surface area contributed by atoms with Gasteiger partial charge in [-0.3, -0.25) is 0 Å². The first-order valence-electron chi connectivity index (χ1n) is 7.98. The highest BCUT2D eigenvalue weighted by atomic mass is 79.9. The molecule has 0 N–H and O–H groups in total. The standard InChI is InChI=1S/C17H20BrNO4S2/c1-22-17-7-6-15(10-16(17)18)25(20,21)19(11-13-4-2-8-23-13)12-14-5-3-9-24-14/h3,5-7,9-10,13H,2,4,8,11-12H2,1H3/t13-/m1/s1. The van der Waals surface area contributed by atoms with Crippen LogP contribution in [0.2, 0.25) is 0 Å². The van der Waals surface area contributed by atoms with Crippen molar-refractivity contribution < 1.29 is 17.9 Å². The zero-order chi connectivity index (χ0) is 17.9.